The lowest BCUT2D eigenvalue weighted by Gasteiger charge is -2.19. The summed E-state index contributed by atoms with van der Waals surface area (Å²) in [4.78, 5) is 8.77. The van der Waals surface area contributed by atoms with Gasteiger partial charge in [-0.05, 0) is 36.6 Å². The van der Waals surface area contributed by atoms with Gasteiger partial charge in [-0.2, -0.15) is 0 Å². The molecule has 0 radical (unpaired) electrons. The first kappa shape index (κ1) is 18.0. The number of rotatable bonds is 6. The molecule has 0 aliphatic rings. The third kappa shape index (κ3) is 5.09. The molecule has 3 nitrogen and oxygen atoms in total. The summed E-state index contributed by atoms with van der Waals surface area (Å²) in [5.41, 5.74) is 8.09. The Labute approximate surface area is 151 Å². The number of nitrogens with zero attached hydrogens (tertiary/aromatic N) is 2. The van der Waals surface area contributed by atoms with Crippen LogP contribution >= 0.6 is 35.1 Å². The topological polar surface area (TPSA) is 41.6 Å². The minimum absolute atomic E-state index is 0.460. The van der Waals surface area contributed by atoms with E-state index in [0.29, 0.717) is 11.8 Å². The fourth-order valence-corrected chi connectivity index (χ4v) is 3.39. The highest BCUT2D eigenvalue weighted by atomic mass is 35.5. The van der Waals surface area contributed by atoms with Crippen LogP contribution in [0.15, 0.2) is 63.3 Å². The molecule has 0 heterocycles. The van der Waals surface area contributed by atoms with Gasteiger partial charge in [0.25, 0.3) is 0 Å². The molecule has 2 rings (SSSR count). The summed E-state index contributed by atoms with van der Waals surface area (Å²) in [5, 5.41) is 0. The van der Waals surface area contributed by atoms with Gasteiger partial charge in [-0.25, -0.2) is 4.99 Å². The van der Waals surface area contributed by atoms with Crippen molar-refractivity contribution in [3.8, 4) is 0 Å². The average Bonchev–Trinajstić information content (AvgIpc) is 2.60. The second-order valence-electron chi connectivity index (χ2n) is 4.74. The van der Waals surface area contributed by atoms with Gasteiger partial charge in [0.2, 0.25) is 5.96 Å². The number of hydrogen-bond acceptors (Lipinski definition) is 3. The molecular weight excluding hydrogens is 346 g/mol. The van der Waals surface area contributed by atoms with Crippen molar-refractivity contribution >= 4 is 52.5 Å². The number of nitrogens with two attached hydrogens (primary N) is 1. The smallest absolute Gasteiger partial charge is 0.200 e. The fourth-order valence-electron chi connectivity index (χ4n) is 1.97. The number of benzene rings is 2. The van der Waals surface area contributed by atoms with Crippen molar-refractivity contribution in [2.45, 2.75) is 9.79 Å². The van der Waals surface area contributed by atoms with Gasteiger partial charge in [-0.1, -0.05) is 18.2 Å². The van der Waals surface area contributed by atoms with Crippen LogP contribution < -0.4 is 10.6 Å². The van der Waals surface area contributed by atoms with Crippen LogP contribution in [0.3, 0.4) is 0 Å². The van der Waals surface area contributed by atoms with Crippen LogP contribution in [0.1, 0.15) is 0 Å². The van der Waals surface area contributed by atoms with E-state index in [0.717, 1.165) is 22.0 Å². The second-order valence-corrected chi connectivity index (χ2v) is 7.13. The Hall–Kier alpha value is -1.30. The number of hydrogen-bond donors (Lipinski definition) is 1. The zero-order chi connectivity index (χ0) is 16.7. The SMILES string of the molecule is CSc1cccc(N(C)C(N)=Nc2ccccc2SCCCl)c1. The highest BCUT2D eigenvalue weighted by Crippen LogP contribution is 2.30. The number of alkyl halides is 1. The number of anilines is 1. The van der Waals surface area contributed by atoms with Gasteiger partial charge < -0.3 is 10.6 Å². The van der Waals surface area contributed by atoms with E-state index in [1.807, 2.05) is 48.3 Å². The molecular formula is C17H20ClN3S2. The van der Waals surface area contributed by atoms with Crippen molar-refractivity contribution in [3.63, 3.8) is 0 Å². The molecule has 0 fully saturated rings. The van der Waals surface area contributed by atoms with Crippen LogP contribution in [0.5, 0.6) is 0 Å². The van der Waals surface area contributed by atoms with Crippen molar-refractivity contribution in [2.75, 3.05) is 29.8 Å². The predicted molar refractivity (Wildman–Crippen MR) is 106 cm³/mol. The number of guanidine groups is 1. The highest BCUT2D eigenvalue weighted by molar-refractivity contribution is 7.99. The molecule has 2 aromatic rings. The third-order valence-corrected chi connectivity index (χ3v) is 5.42. The Bertz CT molecular complexity index is 676. The quantitative estimate of drug-likeness (QED) is 0.345. The average molecular weight is 366 g/mol. The normalized spacial score (nSPS) is 11.5. The zero-order valence-corrected chi connectivity index (χ0v) is 15.6. The molecule has 0 unspecified atom stereocenters. The molecule has 0 saturated carbocycles. The molecule has 0 atom stereocenters. The Balaban J connectivity index is 2.24. The second kappa shape index (κ2) is 9.11. The summed E-state index contributed by atoms with van der Waals surface area (Å²) in [6.07, 6.45) is 2.06. The maximum atomic E-state index is 6.20. The molecule has 122 valence electrons. The fraction of sp³-hybridized carbons (Fsp3) is 0.235. The summed E-state index contributed by atoms with van der Waals surface area (Å²) in [7, 11) is 1.92. The van der Waals surface area contributed by atoms with Crippen molar-refractivity contribution in [1.29, 1.82) is 0 Å². The van der Waals surface area contributed by atoms with E-state index in [1.54, 1.807) is 23.5 Å². The van der Waals surface area contributed by atoms with Gasteiger partial charge in [0.05, 0.1) is 5.69 Å². The van der Waals surface area contributed by atoms with Crippen LogP contribution in [-0.4, -0.2) is 30.9 Å². The number of aliphatic imine (C=N–C) groups is 1. The highest BCUT2D eigenvalue weighted by Gasteiger charge is 2.08. The molecule has 0 aliphatic heterocycles. The van der Waals surface area contributed by atoms with Gasteiger partial charge >= 0.3 is 0 Å². The van der Waals surface area contributed by atoms with Crippen LogP contribution in [0.2, 0.25) is 0 Å². The molecule has 23 heavy (non-hydrogen) atoms. The van der Waals surface area contributed by atoms with Gasteiger partial charge in [-0.15, -0.1) is 35.1 Å². The Kier molecular flexibility index (Phi) is 7.15. The van der Waals surface area contributed by atoms with E-state index in [9.17, 15) is 0 Å². The molecule has 0 spiro atoms. The van der Waals surface area contributed by atoms with Gasteiger partial charge in [0.1, 0.15) is 0 Å². The summed E-state index contributed by atoms with van der Waals surface area (Å²) in [6.45, 7) is 0. The minimum Gasteiger partial charge on any atom is -0.369 e. The standard InChI is InChI=1S/C17H20ClN3S2/c1-21(13-6-5-7-14(12-13)22-2)17(19)20-15-8-3-4-9-16(15)23-11-10-18/h3-9,12H,10-11H2,1-2H3,(H2,19,20). The predicted octanol–water partition coefficient (Wildman–Crippen LogP) is 4.82. The van der Waals surface area contributed by atoms with E-state index in [4.69, 9.17) is 17.3 Å². The number of halogens is 1. The summed E-state index contributed by atoms with van der Waals surface area (Å²) >= 11 is 9.17. The monoisotopic (exact) mass is 365 g/mol. The van der Waals surface area contributed by atoms with E-state index >= 15 is 0 Å². The summed E-state index contributed by atoms with van der Waals surface area (Å²) in [6, 6.07) is 16.2. The summed E-state index contributed by atoms with van der Waals surface area (Å²) < 4.78 is 0. The zero-order valence-electron chi connectivity index (χ0n) is 13.2. The van der Waals surface area contributed by atoms with Crippen molar-refractivity contribution in [3.05, 3.63) is 48.5 Å². The first-order valence-electron chi connectivity index (χ1n) is 7.15. The lowest BCUT2D eigenvalue weighted by molar-refractivity contribution is 1.20. The molecule has 0 saturated heterocycles. The lowest BCUT2D eigenvalue weighted by atomic mass is 10.3. The molecule has 2 aromatic carbocycles. The molecule has 0 aliphatic carbocycles. The minimum atomic E-state index is 0.460. The third-order valence-electron chi connectivity index (χ3n) is 3.22. The molecule has 2 N–H and O–H groups in total. The van der Waals surface area contributed by atoms with Crippen molar-refractivity contribution < 1.29 is 0 Å². The lowest BCUT2D eigenvalue weighted by Crippen LogP contribution is -2.33. The number of thioether (sulfide) groups is 2. The van der Waals surface area contributed by atoms with E-state index < -0.39 is 0 Å². The Morgan fingerprint density at radius 2 is 2.00 bits per heavy atom. The van der Waals surface area contributed by atoms with Gasteiger partial charge in [0, 0.05) is 34.2 Å². The number of para-hydroxylation sites is 1. The van der Waals surface area contributed by atoms with Crippen molar-refractivity contribution in [2.24, 2.45) is 10.7 Å². The van der Waals surface area contributed by atoms with Crippen LogP contribution in [0, 0.1) is 0 Å². The van der Waals surface area contributed by atoms with Crippen molar-refractivity contribution in [1.82, 2.24) is 0 Å². The molecule has 0 bridgehead atoms. The van der Waals surface area contributed by atoms with E-state index in [2.05, 4.69) is 23.4 Å². The molecule has 0 aromatic heterocycles. The van der Waals surface area contributed by atoms with Gasteiger partial charge in [-0.3, -0.25) is 0 Å². The van der Waals surface area contributed by atoms with Gasteiger partial charge in [0.15, 0.2) is 0 Å². The van der Waals surface area contributed by atoms with Crippen LogP contribution in [0.25, 0.3) is 0 Å². The first-order chi connectivity index (χ1) is 11.2. The van der Waals surface area contributed by atoms with E-state index in [-0.39, 0.29) is 0 Å². The molecule has 6 heteroatoms. The maximum Gasteiger partial charge on any atom is 0.200 e. The maximum absolute atomic E-state index is 6.20. The summed E-state index contributed by atoms with van der Waals surface area (Å²) in [5.74, 6) is 1.92. The Morgan fingerprint density at radius 3 is 2.74 bits per heavy atom. The van der Waals surface area contributed by atoms with Crippen LogP contribution in [-0.2, 0) is 0 Å². The largest absolute Gasteiger partial charge is 0.369 e. The first-order valence-corrected chi connectivity index (χ1v) is 9.90. The Morgan fingerprint density at radius 1 is 1.22 bits per heavy atom. The van der Waals surface area contributed by atoms with E-state index in [1.165, 1.54) is 4.90 Å². The molecule has 0 amide bonds. The van der Waals surface area contributed by atoms with Crippen LogP contribution in [0.4, 0.5) is 11.4 Å².